The van der Waals surface area contributed by atoms with E-state index < -0.39 is 16.0 Å². The molecule has 1 unspecified atom stereocenters. The Morgan fingerprint density at radius 2 is 1.21 bits per heavy atom. The summed E-state index contributed by atoms with van der Waals surface area (Å²) < 4.78 is 0. The van der Waals surface area contributed by atoms with Gasteiger partial charge in [0, 0.05) is 17.2 Å². The summed E-state index contributed by atoms with van der Waals surface area (Å²) in [5.74, 6) is 0. The third-order valence-electron chi connectivity index (χ3n) is 4.12. The maximum absolute atomic E-state index is 4.77. The van der Waals surface area contributed by atoms with Gasteiger partial charge in [-0.25, -0.2) is 0 Å². The van der Waals surface area contributed by atoms with Gasteiger partial charge in [0.25, 0.3) is 0 Å². The summed E-state index contributed by atoms with van der Waals surface area (Å²) >= 11 is 0. The molecule has 0 saturated carbocycles. The molecule has 3 rings (SSSR count). The SMILES string of the molecule is C[Si](C)(C)C(c1ccccn1)P(c1ccccc1)c1ccccc1. The molecule has 0 saturated heterocycles. The van der Waals surface area contributed by atoms with Gasteiger partial charge in [-0.15, -0.1) is 0 Å². The van der Waals surface area contributed by atoms with Gasteiger partial charge < -0.3 is 0 Å². The van der Waals surface area contributed by atoms with Crippen molar-refractivity contribution in [2.75, 3.05) is 0 Å². The fourth-order valence-corrected chi connectivity index (χ4v) is 10.5. The monoisotopic (exact) mass is 349 g/mol. The van der Waals surface area contributed by atoms with Crippen LogP contribution in [-0.4, -0.2) is 13.1 Å². The second-order valence-electron chi connectivity index (χ2n) is 7.06. The Bertz CT molecular complexity index is 715. The Labute approximate surface area is 147 Å². The van der Waals surface area contributed by atoms with Crippen molar-refractivity contribution in [2.45, 2.75) is 24.9 Å². The lowest BCUT2D eigenvalue weighted by Gasteiger charge is -2.36. The summed E-state index contributed by atoms with van der Waals surface area (Å²) in [6, 6.07) is 28.3. The number of pyridine rings is 1. The Morgan fingerprint density at radius 1 is 0.708 bits per heavy atom. The minimum absolute atomic E-state index is 0.479. The van der Waals surface area contributed by atoms with E-state index in [-0.39, 0.29) is 0 Å². The van der Waals surface area contributed by atoms with Crippen molar-refractivity contribution < 1.29 is 0 Å². The van der Waals surface area contributed by atoms with E-state index in [4.69, 9.17) is 4.98 Å². The van der Waals surface area contributed by atoms with Crippen LogP contribution in [0, 0.1) is 0 Å². The van der Waals surface area contributed by atoms with Crippen molar-refractivity contribution in [2.24, 2.45) is 0 Å². The molecule has 3 heteroatoms. The summed E-state index contributed by atoms with van der Waals surface area (Å²) in [7, 11) is -1.97. The first-order valence-electron chi connectivity index (χ1n) is 8.37. The van der Waals surface area contributed by atoms with Gasteiger partial charge in [0.1, 0.15) is 0 Å². The van der Waals surface area contributed by atoms with E-state index in [1.807, 2.05) is 12.3 Å². The molecule has 122 valence electrons. The smallest absolute Gasteiger partial charge is 0.0600 e. The van der Waals surface area contributed by atoms with Gasteiger partial charge in [-0.1, -0.05) is 86.4 Å². The number of rotatable bonds is 5. The van der Waals surface area contributed by atoms with Crippen LogP contribution in [0.5, 0.6) is 0 Å². The minimum Gasteiger partial charge on any atom is -0.261 e. The normalized spacial score (nSPS) is 13.0. The van der Waals surface area contributed by atoms with Crippen molar-refractivity contribution in [3.05, 3.63) is 90.8 Å². The minimum atomic E-state index is -1.49. The summed E-state index contributed by atoms with van der Waals surface area (Å²) in [6.45, 7) is 7.40. The zero-order chi connectivity index (χ0) is 17.0. The van der Waals surface area contributed by atoms with Gasteiger partial charge in [-0.3, -0.25) is 4.98 Å². The lowest BCUT2D eigenvalue weighted by Crippen LogP contribution is -2.35. The van der Waals surface area contributed by atoms with Gasteiger partial charge in [-0.05, 0) is 30.7 Å². The second kappa shape index (κ2) is 7.42. The maximum atomic E-state index is 4.77. The topological polar surface area (TPSA) is 12.9 Å². The zero-order valence-electron chi connectivity index (χ0n) is 14.6. The van der Waals surface area contributed by atoms with Crippen LogP contribution in [-0.2, 0) is 0 Å². The zero-order valence-corrected chi connectivity index (χ0v) is 16.4. The van der Waals surface area contributed by atoms with Gasteiger partial charge in [0.05, 0.1) is 8.07 Å². The number of benzene rings is 2. The first-order valence-corrected chi connectivity index (χ1v) is 13.4. The summed E-state index contributed by atoms with van der Waals surface area (Å²) in [5.41, 5.74) is 1.25. The van der Waals surface area contributed by atoms with E-state index in [0.717, 1.165) is 0 Å². The molecule has 0 radical (unpaired) electrons. The average molecular weight is 349 g/mol. The molecule has 0 aliphatic carbocycles. The average Bonchev–Trinajstić information content (AvgIpc) is 2.61. The highest BCUT2D eigenvalue weighted by Crippen LogP contribution is 2.53. The van der Waals surface area contributed by atoms with Gasteiger partial charge in [0.2, 0.25) is 0 Å². The third kappa shape index (κ3) is 3.83. The van der Waals surface area contributed by atoms with Crippen LogP contribution >= 0.6 is 7.92 Å². The van der Waals surface area contributed by atoms with Gasteiger partial charge in [-0.2, -0.15) is 0 Å². The predicted octanol–water partition coefficient (Wildman–Crippen LogP) is 5.13. The summed E-state index contributed by atoms with van der Waals surface area (Å²) in [4.78, 5) is 4.77. The molecular formula is C21H24NPSi. The van der Waals surface area contributed by atoms with Crippen LogP contribution < -0.4 is 10.6 Å². The molecule has 2 aromatic carbocycles. The molecular weight excluding hydrogens is 325 g/mol. The highest BCUT2D eigenvalue weighted by atomic mass is 31.1. The van der Waals surface area contributed by atoms with E-state index >= 15 is 0 Å². The van der Waals surface area contributed by atoms with Crippen molar-refractivity contribution in [3.63, 3.8) is 0 Å². The van der Waals surface area contributed by atoms with Crippen molar-refractivity contribution in [1.29, 1.82) is 0 Å². The molecule has 1 nitrogen and oxygen atoms in total. The molecule has 3 aromatic rings. The summed E-state index contributed by atoms with van der Waals surface area (Å²) in [5, 5.41) is 3.38. The van der Waals surface area contributed by atoms with Crippen molar-refractivity contribution in [3.8, 4) is 0 Å². The van der Waals surface area contributed by atoms with E-state index in [1.54, 1.807) is 0 Å². The van der Waals surface area contributed by atoms with Gasteiger partial charge >= 0.3 is 0 Å². The lowest BCUT2D eigenvalue weighted by atomic mass is 10.4. The molecule has 1 heterocycles. The van der Waals surface area contributed by atoms with Crippen LogP contribution in [0.4, 0.5) is 0 Å². The molecule has 1 atom stereocenters. The number of nitrogens with zero attached hydrogens (tertiary/aromatic N) is 1. The first-order chi connectivity index (χ1) is 11.6. The van der Waals surface area contributed by atoms with Crippen molar-refractivity contribution >= 4 is 26.6 Å². The molecule has 0 amide bonds. The third-order valence-corrected chi connectivity index (χ3v) is 11.6. The van der Waals surface area contributed by atoms with Crippen LogP contribution in [0.25, 0.3) is 0 Å². The first kappa shape index (κ1) is 17.1. The summed E-state index contributed by atoms with van der Waals surface area (Å²) in [6.07, 6.45) is 1.94. The molecule has 0 aliphatic heterocycles. The lowest BCUT2D eigenvalue weighted by molar-refractivity contribution is 1.11. The Morgan fingerprint density at radius 3 is 1.62 bits per heavy atom. The molecule has 1 aromatic heterocycles. The Hall–Kier alpha value is -1.76. The van der Waals surface area contributed by atoms with E-state index in [9.17, 15) is 0 Å². The van der Waals surface area contributed by atoms with Crippen LogP contribution in [0.15, 0.2) is 85.1 Å². The largest absolute Gasteiger partial charge is 0.261 e. The van der Waals surface area contributed by atoms with Crippen LogP contribution in [0.3, 0.4) is 0 Å². The molecule has 24 heavy (non-hydrogen) atoms. The molecule has 0 aliphatic rings. The Kier molecular flexibility index (Phi) is 5.28. The van der Waals surface area contributed by atoms with Crippen LogP contribution in [0.1, 0.15) is 11.0 Å². The standard InChI is InChI=1S/C21H24NPSi/c1-24(2,3)21(20-16-10-11-17-22-20)23(18-12-6-4-7-13-18)19-14-8-5-9-15-19/h4-17,21H,1-3H3. The van der Waals surface area contributed by atoms with E-state index in [0.29, 0.717) is 5.28 Å². The van der Waals surface area contributed by atoms with Crippen LogP contribution in [0.2, 0.25) is 19.6 Å². The number of aromatic nitrogens is 1. The molecule has 0 fully saturated rings. The maximum Gasteiger partial charge on any atom is 0.0600 e. The predicted molar refractivity (Wildman–Crippen MR) is 109 cm³/mol. The van der Waals surface area contributed by atoms with Crippen molar-refractivity contribution in [1.82, 2.24) is 4.98 Å². The molecule has 0 N–H and O–H groups in total. The quantitative estimate of drug-likeness (QED) is 0.459. The highest BCUT2D eigenvalue weighted by molar-refractivity contribution is 7.75. The van der Waals surface area contributed by atoms with E-state index in [1.165, 1.54) is 16.3 Å². The number of hydrogen-bond donors (Lipinski definition) is 0. The highest BCUT2D eigenvalue weighted by Gasteiger charge is 2.37. The molecule has 0 spiro atoms. The van der Waals surface area contributed by atoms with E-state index in [2.05, 4.69) is 92.4 Å². The fourth-order valence-electron chi connectivity index (χ4n) is 3.13. The number of hydrogen-bond acceptors (Lipinski definition) is 1. The molecule has 0 bridgehead atoms. The Balaban J connectivity index is 2.19. The second-order valence-corrected chi connectivity index (χ2v) is 15.1. The fraction of sp³-hybridized carbons (Fsp3) is 0.190. The van der Waals surface area contributed by atoms with Gasteiger partial charge in [0.15, 0.2) is 0 Å².